The molecule has 4 heteroatoms. The molecule has 2 rings (SSSR count). The molecule has 0 fully saturated rings. The number of benzene rings is 2. The zero-order chi connectivity index (χ0) is 12.3. The SMILES string of the molecule is Oc1ccc(Br)cc1OCc1cccc(Cl)c1. The average Bonchev–Trinajstić information content (AvgIpc) is 2.30. The van der Waals surface area contributed by atoms with Gasteiger partial charge in [0, 0.05) is 9.50 Å². The highest BCUT2D eigenvalue weighted by Gasteiger charge is 2.03. The predicted molar refractivity (Wildman–Crippen MR) is 71.6 cm³/mol. The molecule has 0 saturated carbocycles. The van der Waals surface area contributed by atoms with Crippen LogP contribution < -0.4 is 4.74 Å². The lowest BCUT2D eigenvalue weighted by Gasteiger charge is -2.08. The molecule has 2 aromatic rings. The highest BCUT2D eigenvalue weighted by molar-refractivity contribution is 9.10. The molecule has 2 nitrogen and oxygen atoms in total. The smallest absolute Gasteiger partial charge is 0.162 e. The van der Waals surface area contributed by atoms with Gasteiger partial charge in [-0.1, -0.05) is 39.7 Å². The molecule has 0 heterocycles. The largest absolute Gasteiger partial charge is 0.504 e. The monoisotopic (exact) mass is 312 g/mol. The van der Waals surface area contributed by atoms with Crippen molar-refractivity contribution in [2.24, 2.45) is 0 Å². The highest BCUT2D eigenvalue weighted by atomic mass is 79.9. The van der Waals surface area contributed by atoms with Crippen LogP contribution in [0.3, 0.4) is 0 Å². The number of phenolic OH excluding ortho intramolecular Hbond substituents is 1. The van der Waals surface area contributed by atoms with Crippen molar-refractivity contribution in [1.29, 1.82) is 0 Å². The molecular formula is C13H10BrClO2. The van der Waals surface area contributed by atoms with E-state index in [0.29, 0.717) is 17.4 Å². The fourth-order valence-corrected chi connectivity index (χ4v) is 1.94. The Bertz CT molecular complexity index is 529. The van der Waals surface area contributed by atoms with Crippen molar-refractivity contribution >= 4 is 27.5 Å². The summed E-state index contributed by atoms with van der Waals surface area (Å²) in [6.45, 7) is 0.366. The van der Waals surface area contributed by atoms with Crippen molar-refractivity contribution in [3.63, 3.8) is 0 Å². The molecule has 88 valence electrons. The summed E-state index contributed by atoms with van der Waals surface area (Å²) in [7, 11) is 0. The van der Waals surface area contributed by atoms with Gasteiger partial charge in [0.1, 0.15) is 6.61 Å². The first-order chi connectivity index (χ1) is 8.15. The second-order valence-corrected chi connectivity index (χ2v) is 4.88. The highest BCUT2D eigenvalue weighted by Crippen LogP contribution is 2.29. The van der Waals surface area contributed by atoms with E-state index in [1.54, 1.807) is 18.2 Å². The number of halogens is 2. The van der Waals surface area contributed by atoms with Gasteiger partial charge in [0.25, 0.3) is 0 Å². The number of rotatable bonds is 3. The second kappa shape index (κ2) is 5.43. The van der Waals surface area contributed by atoms with Crippen LogP contribution in [0.2, 0.25) is 5.02 Å². The lowest BCUT2D eigenvalue weighted by Crippen LogP contribution is -1.95. The van der Waals surface area contributed by atoms with Gasteiger partial charge in [-0.05, 0) is 35.9 Å². The Morgan fingerprint density at radius 3 is 2.76 bits per heavy atom. The molecule has 0 aliphatic rings. The third-order valence-corrected chi connectivity index (χ3v) is 2.93. The summed E-state index contributed by atoms with van der Waals surface area (Å²) in [6, 6.07) is 12.5. The number of phenols is 1. The summed E-state index contributed by atoms with van der Waals surface area (Å²) in [5, 5.41) is 10.3. The Morgan fingerprint density at radius 1 is 1.18 bits per heavy atom. The molecule has 0 radical (unpaired) electrons. The summed E-state index contributed by atoms with van der Waals surface area (Å²) in [5.74, 6) is 0.564. The maximum atomic E-state index is 9.60. The van der Waals surface area contributed by atoms with Crippen LogP contribution in [0.25, 0.3) is 0 Å². The summed E-state index contributed by atoms with van der Waals surface area (Å²) in [4.78, 5) is 0. The molecule has 0 unspecified atom stereocenters. The average molecular weight is 314 g/mol. The Morgan fingerprint density at radius 2 is 2.00 bits per heavy atom. The molecule has 17 heavy (non-hydrogen) atoms. The van der Waals surface area contributed by atoms with Crippen LogP contribution in [0.4, 0.5) is 0 Å². The summed E-state index contributed by atoms with van der Waals surface area (Å²) in [5.41, 5.74) is 0.955. The van der Waals surface area contributed by atoms with E-state index in [1.165, 1.54) is 0 Å². The van der Waals surface area contributed by atoms with E-state index in [2.05, 4.69) is 15.9 Å². The van der Waals surface area contributed by atoms with Crippen molar-refractivity contribution in [3.05, 3.63) is 57.5 Å². The van der Waals surface area contributed by atoms with Crippen LogP contribution in [0.15, 0.2) is 46.9 Å². The zero-order valence-electron chi connectivity index (χ0n) is 8.86. The fourth-order valence-electron chi connectivity index (χ4n) is 1.39. The van der Waals surface area contributed by atoms with Crippen molar-refractivity contribution in [2.75, 3.05) is 0 Å². The van der Waals surface area contributed by atoms with Gasteiger partial charge in [0.2, 0.25) is 0 Å². The molecule has 0 amide bonds. The van der Waals surface area contributed by atoms with E-state index in [0.717, 1.165) is 10.0 Å². The van der Waals surface area contributed by atoms with E-state index >= 15 is 0 Å². The Kier molecular flexibility index (Phi) is 3.92. The van der Waals surface area contributed by atoms with Crippen LogP contribution in [-0.2, 0) is 6.61 Å². The van der Waals surface area contributed by atoms with Gasteiger partial charge in [0.15, 0.2) is 11.5 Å². The fraction of sp³-hybridized carbons (Fsp3) is 0.0769. The third kappa shape index (κ3) is 3.38. The van der Waals surface area contributed by atoms with Crippen LogP contribution in [0.5, 0.6) is 11.5 Å². The van der Waals surface area contributed by atoms with Gasteiger partial charge >= 0.3 is 0 Å². The third-order valence-electron chi connectivity index (χ3n) is 2.21. The Hall–Kier alpha value is -1.19. The maximum absolute atomic E-state index is 9.60. The van der Waals surface area contributed by atoms with Crippen molar-refractivity contribution in [1.82, 2.24) is 0 Å². The summed E-state index contributed by atoms with van der Waals surface area (Å²) in [6.07, 6.45) is 0. The lowest BCUT2D eigenvalue weighted by molar-refractivity contribution is 0.289. The molecule has 1 N–H and O–H groups in total. The minimum absolute atomic E-state index is 0.121. The predicted octanol–water partition coefficient (Wildman–Crippen LogP) is 4.39. The number of aromatic hydroxyl groups is 1. The molecule has 2 aromatic carbocycles. The van der Waals surface area contributed by atoms with Crippen LogP contribution in [0, 0.1) is 0 Å². The van der Waals surface area contributed by atoms with E-state index in [9.17, 15) is 5.11 Å². The molecule has 0 spiro atoms. The molecular weight excluding hydrogens is 303 g/mol. The van der Waals surface area contributed by atoms with Gasteiger partial charge in [0.05, 0.1) is 0 Å². The van der Waals surface area contributed by atoms with Crippen molar-refractivity contribution < 1.29 is 9.84 Å². The van der Waals surface area contributed by atoms with Gasteiger partial charge in [-0.2, -0.15) is 0 Å². The van der Waals surface area contributed by atoms with E-state index in [-0.39, 0.29) is 5.75 Å². The number of hydrogen-bond donors (Lipinski definition) is 1. The van der Waals surface area contributed by atoms with Crippen molar-refractivity contribution in [3.8, 4) is 11.5 Å². The molecule has 0 aromatic heterocycles. The topological polar surface area (TPSA) is 29.5 Å². The van der Waals surface area contributed by atoms with Crippen LogP contribution >= 0.6 is 27.5 Å². The van der Waals surface area contributed by atoms with Gasteiger partial charge in [-0.3, -0.25) is 0 Å². The number of ether oxygens (including phenoxy) is 1. The van der Waals surface area contributed by atoms with Crippen LogP contribution in [-0.4, -0.2) is 5.11 Å². The maximum Gasteiger partial charge on any atom is 0.162 e. The van der Waals surface area contributed by atoms with E-state index in [4.69, 9.17) is 16.3 Å². The minimum atomic E-state index is 0.121. The van der Waals surface area contributed by atoms with Crippen molar-refractivity contribution in [2.45, 2.75) is 6.61 Å². The van der Waals surface area contributed by atoms with Crippen LogP contribution in [0.1, 0.15) is 5.56 Å². The second-order valence-electron chi connectivity index (χ2n) is 3.53. The first-order valence-electron chi connectivity index (χ1n) is 5.01. The first kappa shape index (κ1) is 12.3. The zero-order valence-corrected chi connectivity index (χ0v) is 11.2. The Balaban J connectivity index is 2.09. The van der Waals surface area contributed by atoms with E-state index in [1.807, 2.05) is 24.3 Å². The molecule has 0 bridgehead atoms. The molecule has 0 aliphatic heterocycles. The molecule has 0 saturated heterocycles. The van der Waals surface area contributed by atoms with Gasteiger partial charge < -0.3 is 9.84 Å². The quantitative estimate of drug-likeness (QED) is 0.911. The molecule has 0 atom stereocenters. The standard InChI is InChI=1S/C13H10BrClO2/c14-10-4-5-12(16)13(7-10)17-8-9-2-1-3-11(15)6-9/h1-7,16H,8H2. The normalized spacial score (nSPS) is 10.2. The van der Waals surface area contributed by atoms with E-state index < -0.39 is 0 Å². The minimum Gasteiger partial charge on any atom is -0.504 e. The first-order valence-corrected chi connectivity index (χ1v) is 6.18. The van der Waals surface area contributed by atoms with Gasteiger partial charge in [-0.15, -0.1) is 0 Å². The molecule has 0 aliphatic carbocycles. The Labute approximate surface area is 113 Å². The van der Waals surface area contributed by atoms with Gasteiger partial charge in [-0.25, -0.2) is 0 Å². The lowest BCUT2D eigenvalue weighted by atomic mass is 10.2. The summed E-state index contributed by atoms with van der Waals surface area (Å²) >= 11 is 9.19. The number of hydrogen-bond acceptors (Lipinski definition) is 2. The summed E-state index contributed by atoms with van der Waals surface area (Å²) < 4.78 is 6.38.